The minimum Gasteiger partial charge on any atom is -0.465 e. The molecule has 1 aromatic heterocycles. The number of likely N-dealkylation sites (N-methyl/N-ethyl adjacent to an activating group) is 1. The number of hydrogen-bond acceptors (Lipinski definition) is 5. The van der Waals surface area contributed by atoms with E-state index < -0.39 is 6.09 Å². The molecule has 142 valence electrons. The number of carboxylic acid groups (broad SMARTS) is 1. The van der Waals surface area contributed by atoms with Crippen LogP contribution in [0.5, 0.6) is 0 Å². The summed E-state index contributed by atoms with van der Waals surface area (Å²) in [6.45, 7) is 2.97. The van der Waals surface area contributed by atoms with Gasteiger partial charge >= 0.3 is 6.09 Å². The van der Waals surface area contributed by atoms with Crippen LogP contribution in [0.1, 0.15) is 24.5 Å². The average molecular weight is 369 g/mol. The third-order valence-electron chi connectivity index (χ3n) is 5.63. The second kappa shape index (κ2) is 7.02. The molecule has 4 rings (SSSR count). The fourth-order valence-electron chi connectivity index (χ4n) is 3.91. The largest absolute Gasteiger partial charge is 0.465 e. The summed E-state index contributed by atoms with van der Waals surface area (Å²) >= 11 is 0. The third-order valence-corrected chi connectivity index (χ3v) is 5.63. The standard InChI is InChI=1S/C19H23N5O3/c1-22-8-9-24(11-17(22)25)14-2-3-15-16(10-14)20-12-21-18(15)13-4-6-23(7-5-13)19(26)27/h2-3,10,12-13H,4-9,11H2,1H3,(H,26,27). The van der Waals surface area contributed by atoms with Crippen molar-refractivity contribution in [3.05, 3.63) is 30.2 Å². The van der Waals surface area contributed by atoms with Crippen LogP contribution < -0.4 is 4.90 Å². The Labute approximate surface area is 157 Å². The van der Waals surface area contributed by atoms with Crippen LogP contribution in [0.4, 0.5) is 10.5 Å². The minimum absolute atomic E-state index is 0.120. The van der Waals surface area contributed by atoms with Gasteiger partial charge in [0, 0.05) is 50.2 Å². The van der Waals surface area contributed by atoms with Crippen molar-refractivity contribution in [2.45, 2.75) is 18.8 Å². The second-order valence-corrected chi connectivity index (χ2v) is 7.24. The van der Waals surface area contributed by atoms with Crippen LogP contribution in [0.2, 0.25) is 0 Å². The van der Waals surface area contributed by atoms with Gasteiger partial charge in [-0.15, -0.1) is 0 Å². The number of piperidine rings is 1. The predicted molar refractivity (Wildman–Crippen MR) is 101 cm³/mol. The zero-order chi connectivity index (χ0) is 19.0. The lowest BCUT2D eigenvalue weighted by Gasteiger charge is -2.33. The smallest absolute Gasteiger partial charge is 0.407 e. The molecule has 1 N–H and O–H groups in total. The summed E-state index contributed by atoms with van der Waals surface area (Å²) in [6.07, 6.45) is 2.27. The van der Waals surface area contributed by atoms with Gasteiger partial charge in [-0.05, 0) is 31.0 Å². The molecule has 27 heavy (non-hydrogen) atoms. The SMILES string of the molecule is CN1CCN(c2ccc3c(C4CCN(C(=O)O)CC4)ncnc3c2)CC1=O. The minimum atomic E-state index is -0.854. The Bertz CT molecular complexity index is 879. The number of carbonyl (C=O) groups excluding carboxylic acids is 1. The van der Waals surface area contributed by atoms with Crippen molar-refractivity contribution in [3.8, 4) is 0 Å². The zero-order valence-electron chi connectivity index (χ0n) is 15.3. The topological polar surface area (TPSA) is 89.9 Å². The molecule has 0 radical (unpaired) electrons. The van der Waals surface area contributed by atoms with E-state index in [9.17, 15) is 9.59 Å². The number of amides is 2. The van der Waals surface area contributed by atoms with Crippen LogP contribution in [-0.4, -0.2) is 76.6 Å². The molecule has 2 fully saturated rings. The average Bonchev–Trinajstić information content (AvgIpc) is 2.69. The first-order chi connectivity index (χ1) is 13.0. The molecule has 2 aliphatic heterocycles. The number of benzene rings is 1. The Morgan fingerprint density at radius 2 is 1.93 bits per heavy atom. The number of likely N-dealkylation sites (tertiary alicyclic amines) is 1. The van der Waals surface area contributed by atoms with E-state index in [0.717, 1.165) is 41.7 Å². The van der Waals surface area contributed by atoms with Gasteiger partial charge in [-0.1, -0.05) is 0 Å². The van der Waals surface area contributed by atoms with E-state index in [4.69, 9.17) is 5.11 Å². The molecule has 8 heteroatoms. The summed E-state index contributed by atoms with van der Waals surface area (Å²) in [4.78, 5) is 37.3. The Hall–Kier alpha value is -2.90. The third kappa shape index (κ3) is 3.39. The highest BCUT2D eigenvalue weighted by Crippen LogP contribution is 2.32. The Morgan fingerprint density at radius 1 is 1.15 bits per heavy atom. The van der Waals surface area contributed by atoms with E-state index in [0.29, 0.717) is 26.2 Å². The molecule has 8 nitrogen and oxygen atoms in total. The fraction of sp³-hybridized carbons (Fsp3) is 0.474. The molecule has 2 aromatic rings. The summed E-state index contributed by atoms with van der Waals surface area (Å²) < 4.78 is 0. The number of anilines is 1. The number of carbonyl (C=O) groups is 2. The van der Waals surface area contributed by atoms with Crippen LogP contribution >= 0.6 is 0 Å². The molecular weight excluding hydrogens is 346 g/mol. The molecule has 0 bridgehead atoms. The number of nitrogens with zero attached hydrogens (tertiary/aromatic N) is 5. The van der Waals surface area contributed by atoms with E-state index in [1.807, 2.05) is 25.2 Å². The van der Waals surface area contributed by atoms with Crippen LogP contribution in [0.25, 0.3) is 10.9 Å². The lowest BCUT2D eigenvalue weighted by Crippen LogP contribution is -2.48. The molecular formula is C19H23N5O3. The van der Waals surface area contributed by atoms with Crippen LogP contribution in [0.15, 0.2) is 24.5 Å². The molecule has 0 unspecified atom stereocenters. The van der Waals surface area contributed by atoms with E-state index in [1.165, 1.54) is 4.90 Å². The van der Waals surface area contributed by atoms with Gasteiger partial charge < -0.3 is 19.8 Å². The molecule has 0 atom stereocenters. The summed E-state index contributed by atoms with van der Waals surface area (Å²) in [5.41, 5.74) is 2.85. The predicted octanol–water partition coefficient (Wildman–Crippen LogP) is 1.77. The Balaban J connectivity index is 1.58. The van der Waals surface area contributed by atoms with E-state index in [1.54, 1.807) is 11.2 Å². The van der Waals surface area contributed by atoms with Gasteiger partial charge in [-0.3, -0.25) is 4.79 Å². The summed E-state index contributed by atoms with van der Waals surface area (Å²) in [5, 5.41) is 10.1. The number of rotatable bonds is 2. The summed E-state index contributed by atoms with van der Waals surface area (Å²) in [6, 6.07) is 6.08. The first-order valence-electron chi connectivity index (χ1n) is 9.24. The maximum atomic E-state index is 12.0. The lowest BCUT2D eigenvalue weighted by molar-refractivity contribution is -0.129. The van der Waals surface area contributed by atoms with Crippen LogP contribution in [0.3, 0.4) is 0 Å². The van der Waals surface area contributed by atoms with Gasteiger partial charge in [0.25, 0.3) is 0 Å². The molecule has 0 aliphatic carbocycles. The lowest BCUT2D eigenvalue weighted by atomic mass is 9.91. The number of hydrogen-bond donors (Lipinski definition) is 1. The van der Waals surface area contributed by atoms with Crippen molar-refractivity contribution in [1.82, 2.24) is 19.8 Å². The van der Waals surface area contributed by atoms with E-state index >= 15 is 0 Å². The van der Waals surface area contributed by atoms with Gasteiger partial charge in [0.15, 0.2) is 0 Å². The quantitative estimate of drug-likeness (QED) is 0.868. The Kier molecular flexibility index (Phi) is 4.55. The molecule has 0 saturated carbocycles. The fourth-order valence-corrected chi connectivity index (χ4v) is 3.91. The Morgan fingerprint density at radius 3 is 2.63 bits per heavy atom. The number of piperazine rings is 1. The molecule has 2 saturated heterocycles. The highest BCUT2D eigenvalue weighted by Gasteiger charge is 2.26. The number of fused-ring (bicyclic) bond motifs is 1. The highest BCUT2D eigenvalue weighted by atomic mass is 16.4. The van der Waals surface area contributed by atoms with Crippen molar-refractivity contribution in [2.75, 3.05) is 44.7 Å². The van der Waals surface area contributed by atoms with Crippen LogP contribution in [-0.2, 0) is 4.79 Å². The van der Waals surface area contributed by atoms with Crippen LogP contribution in [0, 0.1) is 0 Å². The van der Waals surface area contributed by atoms with Crippen molar-refractivity contribution in [1.29, 1.82) is 0 Å². The molecule has 0 spiro atoms. The van der Waals surface area contributed by atoms with Gasteiger partial charge in [0.2, 0.25) is 5.91 Å². The van der Waals surface area contributed by atoms with Gasteiger partial charge in [0.05, 0.1) is 17.8 Å². The maximum absolute atomic E-state index is 12.0. The maximum Gasteiger partial charge on any atom is 0.407 e. The van der Waals surface area contributed by atoms with Crippen molar-refractivity contribution < 1.29 is 14.7 Å². The summed E-state index contributed by atoms with van der Waals surface area (Å²) in [7, 11) is 1.83. The van der Waals surface area contributed by atoms with E-state index in [2.05, 4.69) is 14.9 Å². The monoisotopic (exact) mass is 369 g/mol. The zero-order valence-corrected chi connectivity index (χ0v) is 15.3. The van der Waals surface area contributed by atoms with Gasteiger partial charge in [-0.2, -0.15) is 0 Å². The van der Waals surface area contributed by atoms with Crippen molar-refractivity contribution in [2.24, 2.45) is 0 Å². The second-order valence-electron chi connectivity index (χ2n) is 7.24. The summed E-state index contributed by atoms with van der Waals surface area (Å²) in [5.74, 6) is 0.358. The van der Waals surface area contributed by atoms with Crippen molar-refractivity contribution >= 4 is 28.6 Å². The van der Waals surface area contributed by atoms with Gasteiger partial charge in [0.1, 0.15) is 6.33 Å². The molecule has 2 aliphatic rings. The molecule has 3 heterocycles. The molecule has 2 amide bonds. The number of aromatic nitrogens is 2. The highest BCUT2D eigenvalue weighted by molar-refractivity contribution is 5.87. The van der Waals surface area contributed by atoms with Gasteiger partial charge in [-0.25, -0.2) is 14.8 Å². The van der Waals surface area contributed by atoms with Crippen molar-refractivity contribution in [3.63, 3.8) is 0 Å². The first-order valence-corrected chi connectivity index (χ1v) is 9.24. The molecule has 1 aromatic carbocycles. The first kappa shape index (κ1) is 17.5. The van der Waals surface area contributed by atoms with E-state index in [-0.39, 0.29) is 11.8 Å². The normalized spacial score (nSPS) is 19.0.